The molecule has 0 heterocycles. The number of nitro benzene ring substituents is 1. The third kappa shape index (κ3) is 6.61. The van der Waals surface area contributed by atoms with Gasteiger partial charge in [0, 0.05) is 17.7 Å². The van der Waals surface area contributed by atoms with Crippen molar-refractivity contribution in [3.05, 3.63) is 135 Å². The number of ketones is 1. The second-order valence-corrected chi connectivity index (χ2v) is 8.38. The van der Waals surface area contributed by atoms with E-state index in [2.05, 4.69) is 0 Å². The summed E-state index contributed by atoms with van der Waals surface area (Å²) >= 11 is 0. The van der Waals surface area contributed by atoms with Gasteiger partial charge in [0.15, 0.2) is 5.78 Å². The van der Waals surface area contributed by atoms with Gasteiger partial charge in [-0.25, -0.2) is 0 Å². The van der Waals surface area contributed by atoms with Crippen LogP contribution in [-0.2, 0) is 13.2 Å². The molecule has 0 unspecified atom stereocenters. The van der Waals surface area contributed by atoms with Crippen LogP contribution in [0, 0.1) is 17.0 Å². The summed E-state index contributed by atoms with van der Waals surface area (Å²) in [5, 5.41) is 21.5. The highest BCUT2D eigenvalue weighted by Gasteiger charge is 2.21. The number of ether oxygens (including phenoxy) is 2. The topological polar surface area (TPSA) is 98.9 Å². The zero-order valence-electron chi connectivity index (χ0n) is 20.2. The van der Waals surface area contributed by atoms with E-state index in [4.69, 9.17) is 9.47 Å². The Labute approximate surface area is 214 Å². The summed E-state index contributed by atoms with van der Waals surface area (Å²) in [5.74, 6) is -0.126. The molecule has 0 aliphatic heterocycles. The number of benzene rings is 4. The van der Waals surface area contributed by atoms with Crippen LogP contribution in [0.5, 0.6) is 17.2 Å². The molecule has 0 atom stereocenters. The van der Waals surface area contributed by atoms with Gasteiger partial charge in [0.1, 0.15) is 24.7 Å². The van der Waals surface area contributed by atoms with E-state index in [-0.39, 0.29) is 5.56 Å². The molecule has 0 fully saturated rings. The molecule has 0 amide bonds. The van der Waals surface area contributed by atoms with Gasteiger partial charge < -0.3 is 14.6 Å². The molecule has 4 rings (SSSR count). The van der Waals surface area contributed by atoms with Crippen LogP contribution in [0.25, 0.3) is 6.08 Å². The lowest BCUT2D eigenvalue weighted by Gasteiger charge is -2.13. The highest BCUT2D eigenvalue weighted by atomic mass is 16.6. The summed E-state index contributed by atoms with van der Waals surface area (Å²) < 4.78 is 12.0. The Morgan fingerprint density at radius 1 is 0.892 bits per heavy atom. The molecule has 1 N–H and O–H groups in total. The van der Waals surface area contributed by atoms with Crippen molar-refractivity contribution in [1.29, 1.82) is 0 Å². The maximum Gasteiger partial charge on any atom is 0.311 e. The maximum atomic E-state index is 12.8. The first kappa shape index (κ1) is 25.2. The number of nitrogens with zero attached hydrogens (tertiary/aromatic N) is 1. The van der Waals surface area contributed by atoms with Crippen LogP contribution < -0.4 is 9.47 Å². The summed E-state index contributed by atoms with van der Waals surface area (Å²) in [6.07, 6.45) is 2.81. The van der Waals surface area contributed by atoms with Crippen LogP contribution in [0.3, 0.4) is 0 Å². The molecule has 7 heteroatoms. The number of hydrogen-bond acceptors (Lipinski definition) is 6. The van der Waals surface area contributed by atoms with E-state index in [1.807, 2.05) is 60.7 Å². The van der Waals surface area contributed by atoms with Crippen LogP contribution in [0.2, 0.25) is 0 Å². The summed E-state index contributed by atoms with van der Waals surface area (Å²) in [6.45, 7) is 2.32. The van der Waals surface area contributed by atoms with Crippen molar-refractivity contribution in [3.8, 4) is 17.2 Å². The van der Waals surface area contributed by atoms with Crippen molar-refractivity contribution < 1.29 is 24.3 Å². The van der Waals surface area contributed by atoms with Gasteiger partial charge in [-0.05, 0) is 54.0 Å². The number of aryl methyl sites for hydroxylation is 1. The minimum atomic E-state index is -0.716. The van der Waals surface area contributed by atoms with Crippen molar-refractivity contribution in [1.82, 2.24) is 0 Å². The highest BCUT2D eigenvalue weighted by Crippen LogP contribution is 2.32. The maximum absolute atomic E-state index is 12.8. The third-order valence-corrected chi connectivity index (χ3v) is 5.58. The van der Waals surface area contributed by atoms with Crippen molar-refractivity contribution in [2.45, 2.75) is 20.1 Å². The number of nitro groups is 1. The van der Waals surface area contributed by atoms with E-state index in [0.717, 1.165) is 11.1 Å². The van der Waals surface area contributed by atoms with Crippen LogP contribution in [0.1, 0.15) is 32.6 Å². The average Bonchev–Trinajstić information content (AvgIpc) is 2.92. The molecule has 4 aromatic carbocycles. The molecule has 0 bridgehead atoms. The lowest BCUT2D eigenvalue weighted by molar-refractivity contribution is -0.385. The monoisotopic (exact) mass is 495 g/mol. The molecule has 0 spiro atoms. The largest absolute Gasteiger partial charge is 0.502 e. The second-order valence-electron chi connectivity index (χ2n) is 8.38. The van der Waals surface area contributed by atoms with Crippen molar-refractivity contribution in [2.75, 3.05) is 0 Å². The molecule has 0 saturated heterocycles. The predicted molar refractivity (Wildman–Crippen MR) is 141 cm³/mol. The molecule has 0 aliphatic rings. The van der Waals surface area contributed by atoms with E-state index in [1.165, 1.54) is 18.2 Å². The quantitative estimate of drug-likeness (QED) is 0.114. The third-order valence-electron chi connectivity index (χ3n) is 5.58. The Kier molecular flexibility index (Phi) is 7.95. The molecule has 0 saturated carbocycles. The molecule has 37 heavy (non-hydrogen) atoms. The Morgan fingerprint density at radius 2 is 1.51 bits per heavy atom. The van der Waals surface area contributed by atoms with Crippen LogP contribution >= 0.6 is 0 Å². The first-order valence-corrected chi connectivity index (χ1v) is 11.6. The SMILES string of the molecule is Cc1cc(C(=O)/C=C/c2ccc(OCc3ccccc3)cc2OCc2ccccc2)c(O)c([N+](=O)[O-])c1. The van der Waals surface area contributed by atoms with Gasteiger partial charge in [-0.2, -0.15) is 0 Å². The van der Waals surface area contributed by atoms with Gasteiger partial charge in [0.05, 0.1) is 10.5 Å². The Bertz CT molecular complexity index is 1430. The van der Waals surface area contributed by atoms with Gasteiger partial charge in [-0.3, -0.25) is 14.9 Å². The van der Waals surface area contributed by atoms with Crippen LogP contribution in [-0.4, -0.2) is 15.8 Å². The number of phenolic OH excluding ortho intramolecular Hbond substituents is 1. The number of aromatic hydroxyl groups is 1. The molecule has 7 nitrogen and oxygen atoms in total. The van der Waals surface area contributed by atoms with Gasteiger partial charge in [0.2, 0.25) is 5.75 Å². The molecule has 186 valence electrons. The van der Waals surface area contributed by atoms with Crippen molar-refractivity contribution in [3.63, 3.8) is 0 Å². The number of rotatable bonds is 10. The van der Waals surface area contributed by atoms with Crippen LogP contribution in [0.15, 0.2) is 97.1 Å². The first-order valence-electron chi connectivity index (χ1n) is 11.6. The van der Waals surface area contributed by atoms with E-state index in [9.17, 15) is 20.0 Å². The second kappa shape index (κ2) is 11.7. The molecule has 0 aromatic heterocycles. The fourth-order valence-corrected chi connectivity index (χ4v) is 3.69. The molecular formula is C30H25NO6. The number of carbonyl (C=O) groups excluding carboxylic acids is 1. The van der Waals surface area contributed by atoms with Gasteiger partial charge in [0.25, 0.3) is 0 Å². The van der Waals surface area contributed by atoms with Crippen molar-refractivity contribution in [2.24, 2.45) is 0 Å². The van der Waals surface area contributed by atoms with E-state index in [1.54, 1.807) is 31.2 Å². The Hall–Kier alpha value is -4.91. The van der Waals surface area contributed by atoms with Crippen molar-refractivity contribution >= 4 is 17.5 Å². The minimum Gasteiger partial charge on any atom is -0.502 e. The molecule has 0 radical (unpaired) electrons. The summed E-state index contributed by atoms with van der Waals surface area (Å²) in [4.78, 5) is 23.4. The molecule has 4 aromatic rings. The van der Waals surface area contributed by atoms with E-state index < -0.39 is 22.1 Å². The number of hydrogen-bond donors (Lipinski definition) is 1. The summed E-state index contributed by atoms with van der Waals surface area (Å²) in [6, 6.07) is 27.4. The number of carbonyl (C=O) groups is 1. The fraction of sp³-hybridized carbons (Fsp3) is 0.100. The number of phenols is 1. The summed E-state index contributed by atoms with van der Waals surface area (Å²) in [5.41, 5.74) is 2.45. The van der Waals surface area contributed by atoms with Gasteiger partial charge in [-0.15, -0.1) is 0 Å². The van der Waals surface area contributed by atoms with E-state index >= 15 is 0 Å². The number of allylic oxidation sites excluding steroid dienone is 1. The summed E-state index contributed by atoms with van der Waals surface area (Å²) in [7, 11) is 0. The minimum absolute atomic E-state index is 0.141. The molecular weight excluding hydrogens is 470 g/mol. The zero-order chi connectivity index (χ0) is 26.2. The fourth-order valence-electron chi connectivity index (χ4n) is 3.69. The zero-order valence-corrected chi connectivity index (χ0v) is 20.2. The Morgan fingerprint density at radius 3 is 2.14 bits per heavy atom. The van der Waals surface area contributed by atoms with Gasteiger partial charge in [-0.1, -0.05) is 60.7 Å². The highest BCUT2D eigenvalue weighted by molar-refractivity contribution is 6.09. The average molecular weight is 496 g/mol. The van der Waals surface area contributed by atoms with Crippen LogP contribution in [0.4, 0.5) is 5.69 Å². The lowest BCUT2D eigenvalue weighted by Crippen LogP contribution is -2.01. The predicted octanol–water partition coefficient (Wildman–Crippen LogP) is 6.66. The molecule has 0 aliphatic carbocycles. The smallest absolute Gasteiger partial charge is 0.311 e. The normalized spacial score (nSPS) is 10.8. The van der Waals surface area contributed by atoms with E-state index in [0.29, 0.717) is 35.8 Å². The first-order chi connectivity index (χ1) is 17.9. The Balaban J connectivity index is 1.59. The standard InChI is InChI=1S/C30H25NO6/c1-21-16-26(30(33)27(17-21)31(34)35)28(32)15-13-24-12-14-25(36-19-22-8-4-2-5-9-22)18-29(24)37-20-23-10-6-3-7-11-23/h2-18,33H,19-20H2,1H3/b15-13+. The van der Waals surface area contributed by atoms with Gasteiger partial charge >= 0.3 is 5.69 Å². The lowest BCUT2D eigenvalue weighted by atomic mass is 10.0.